The molecule has 0 spiro atoms. The van der Waals surface area contributed by atoms with E-state index in [2.05, 4.69) is 43.3 Å². The lowest BCUT2D eigenvalue weighted by Crippen LogP contribution is -2.03. The Labute approximate surface area is 141 Å². The molecule has 2 heteroatoms. The van der Waals surface area contributed by atoms with Gasteiger partial charge in [0.05, 0.1) is 6.61 Å². The van der Waals surface area contributed by atoms with E-state index in [0.717, 1.165) is 12.4 Å². The Balaban J connectivity index is 1.46. The fourth-order valence-electron chi connectivity index (χ4n) is 2.61. The third kappa shape index (κ3) is 8.80. The van der Waals surface area contributed by atoms with Crippen molar-refractivity contribution in [2.24, 2.45) is 0 Å². The van der Waals surface area contributed by atoms with Crippen molar-refractivity contribution in [2.45, 2.75) is 70.8 Å². The molecule has 1 aromatic carbocycles. The van der Waals surface area contributed by atoms with Gasteiger partial charge in [0, 0.05) is 0 Å². The zero-order valence-corrected chi connectivity index (χ0v) is 14.6. The lowest BCUT2D eigenvalue weighted by molar-refractivity contribution is 0.263. The lowest BCUT2D eigenvalue weighted by Gasteiger charge is -2.06. The molecular formula is C21H32O2. The van der Waals surface area contributed by atoms with Gasteiger partial charge in [0.1, 0.15) is 18.5 Å². The maximum atomic E-state index is 5.66. The fraction of sp³-hybridized carbons (Fsp3) is 0.619. The van der Waals surface area contributed by atoms with Gasteiger partial charge in [-0.05, 0) is 49.8 Å². The van der Waals surface area contributed by atoms with Crippen molar-refractivity contribution >= 4 is 0 Å². The maximum Gasteiger partial charge on any atom is 0.119 e. The Morgan fingerprint density at radius 3 is 2.39 bits per heavy atom. The molecule has 1 fully saturated rings. The molecular weight excluding hydrogens is 284 g/mol. The first-order valence-corrected chi connectivity index (χ1v) is 9.37. The average Bonchev–Trinajstić information content (AvgIpc) is 3.40. The number of ether oxygens (including phenoxy) is 2. The number of hydrogen-bond donors (Lipinski definition) is 0. The summed E-state index contributed by atoms with van der Waals surface area (Å²) in [7, 11) is 0. The molecule has 2 nitrogen and oxygen atoms in total. The number of rotatable bonds is 13. The van der Waals surface area contributed by atoms with Crippen LogP contribution in [0.5, 0.6) is 5.75 Å². The predicted molar refractivity (Wildman–Crippen MR) is 97.1 cm³/mol. The Kier molecular flexibility index (Phi) is 8.86. The molecule has 0 radical (unpaired) electrons. The van der Waals surface area contributed by atoms with E-state index in [9.17, 15) is 0 Å². The minimum absolute atomic E-state index is 0.330. The number of epoxide rings is 1. The van der Waals surface area contributed by atoms with Gasteiger partial charge < -0.3 is 9.47 Å². The summed E-state index contributed by atoms with van der Waals surface area (Å²) in [5, 5.41) is 0. The van der Waals surface area contributed by atoms with E-state index in [1.165, 1.54) is 63.4 Å². The van der Waals surface area contributed by atoms with Crippen LogP contribution in [0.1, 0.15) is 63.9 Å². The second-order valence-corrected chi connectivity index (χ2v) is 6.48. The first-order chi connectivity index (χ1) is 11.4. The Morgan fingerprint density at radius 1 is 1.00 bits per heavy atom. The zero-order valence-electron chi connectivity index (χ0n) is 14.6. The molecule has 0 bridgehead atoms. The van der Waals surface area contributed by atoms with Crippen LogP contribution in [0.25, 0.3) is 0 Å². The molecule has 0 amide bonds. The second-order valence-electron chi connectivity index (χ2n) is 6.48. The van der Waals surface area contributed by atoms with Gasteiger partial charge in [-0.15, -0.1) is 0 Å². The van der Waals surface area contributed by atoms with Crippen LogP contribution in [0.15, 0.2) is 36.4 Å². The summed E-state index contributed by atoms with van der Waals surface area (Å²) in [5.41, 5.74) is 1.42. The highest BCUT2D eigenvalue weighted by atomic mass is 16.6. The molecule has 1 aliphatic rings. The molecule has 1 saturated heterocycles. The van der Waals surface area contributed by atoms with E-state index in [0.29, 0.717) is 12.7 Å². The van der Waals surface area contributed by atoms with Gasteiger partial charge in [-0.3, -0.25) is 0 Å². The van der Waals surface area contributed by atoms with Crippen molar-refractivity contribution in [1.82, 2.24) is 0 Å². The molecule has 1 aromatic rings. The molecule has 2 rings (SSSR count). The number of benzene rings is 1. The van der Waals surface area contributed by atoms with Crippen molar-refractivity contribution in [3.8, 4) is 5.75 Å². The summed E-state index contributed by atoms with van der Waals surface area (Å²) in [5.74, 6) is 0.958. The van der Waals surface area contributed by atoms with E-state index in [4.69, 9.17) is 9.47 Å². The van der Waals surface area contributed by atoms with Gasteiger partial charge >= 0.3 is 0 Å². The average molecular weight is 316 g/mol. The van der Waals surface area contributed by atoms with E-state index in [1.54, 1.807) is 0 Å². The van der Waals surface area contributed by atoms with Gasteiger partial charge in [0.25, 0.3) is 0 Å². The van der Waals surface area contributed by atoms with Crippen LogP contribution in [0.2, 0.25) is 0 Å². The topological polar surface area (TPSA) is 21.8 Å². The zero-order chi connectivity index (χ0) is 16.2. The molecule has 1 aliphatic heterocycles. The molecule has 1 unspecified atom stereocenters. The third-order valence-corrected chi connectivity index (χ3v) is 4.24. The highest BCUT2D eigenvalue weighted by Crippen LogP contribution is 2.17. The molecule has 128 valence electrons. The normalized spacial score (nSPS) is 16.8. The fourth-order valence-corrected chi connectivity index (χ4v) is 2.61. The number of aryl methyl sites for hydroxylation is 1. The van der Waals surface area contributed by atoms with Crippen LogP contribution >= 0.6 is 0 Å². The van der Waals surface area contributed by atoms with Crippen LogP contribution < -0.4 is 4.74 Å². The van der Waals surface area contributed by atoms with Crippen LogP contribution in [0.3, 0.4) is 0 Å². The van der Waals surface area contributed by atoms with Crippen molar-refractivity contribution < 1.29 is 9.47 Å². The van der Waals surface area contributed by atoms with Crippen LogP contribution in [0, 0.1) is 0 Å². The Morgan fingerprint density at radius 2 is 1.70 bits per heavy atom. The summed E-state index contributed by atoms with van der Waals surface area (Å²) in [6, 6.07) is 8.55. The van der Waals surface area contributed by atoms with Gasteiger partial charge in [-0.1, -0.05) is 56.9 Å². The van der Waals surface area contributed by atoms with E-state index >= 15 is 0 Å². The third-order valence-electron chi connectivity index (χ3n) is 4.24. The van der Waals surface area contributed by atoms with Gasteiger partial charge in [-0.25, -0.2) is 0 Å². The van der Waals surface area contributed by atoms with Gasteiger partial charge in [0.15, 0.2) is 0 Å². The summed E-state index contributed by atoms with van der Waals surface area (Å²) in [4.78, 5) is 0. The number of allylic oxidation sites excluding steroid dienone is 2. The maximum absolute atomic E-state index is 5.66. The molecule has 1 atom stereocenters. The van der Waals surface area contributed by atoms with E-state index < -0.39 is 0 Å². The largest absolute Gasteiger partial charge is 0.491 e. The minimum Gasteiger partial charge on any atom is -0.491 e. The Hall–Kier alpha value is -1.28. The van der Waals surface area contributed by atoms with Crippen LogP contribution in [-0.4, -0.2) is 19.3 Å². The van der Waals surface area contributed by atoms with E-state index in [-0.39, 0.29) is 0 Å². The van der Waals surface area contributed by atoms with Crippen molar-refractivity contribution in [2.75, 3.05) is 13.2 Å². The second kappa shape index (κ2) is 11.3. The molecule has 0 aliphatic carbocycles. The van der Waals surface area contributed by atoms with Crippen LogP contribution in [-0.2, 0) is 11.2 Å². The predicted octanol–water partition coefficient (Wildman–Crippen LogP) is 5.70. The minimum atomic E-state index is 0.330. The smallest absolute Gasteiger partial charge is 0.119 e. The van der Waals surface area contributed by atoms with Crippen molar-refractivity contribution in [3.05, 3.63) is 42.0 Å². The first kappa shape index (κ1) is 18.1. The highest BCUT2D eigenvalue weighted by molar-refractivity contribution is 5.27. The molecule has 0 aromatic heterocycles. The standard InChI is InChI=1S/C21H32O2/c1-2-3-4-5-6-7-8-9-10-11-12-19-13-15-20(16-14-19)22-17-21-18-23-21/h5-6,13-16,21H,2-4,7-12,17-18H2,1H3/b6-5+. The quantitative estimate of drug-likeness (QED) is 0.264. The molecule has 1 heterocycles. The van der Waals surface area contributed by atoms with Crippen molar-refractivity contribution in [3.63, 3.8) is 0 Å². The number of hydrogen-bond acceptors (Lipinski definition) is 2. The lowest BCUT2D eigenvalue weighted by atomic mass is 10.1. The summed E-state index contributed by atoms with van der Waals surface area (Å²) in [6.07, 6.45) is 16.7. The van der Waals surface area contributed by atoms with Gasteiger partial charge in [0.2, 0.25) is 0 Å². The molecule has 0 saturated carbocycles. The molecule has 0 N–H and O–H groups in total. The first-order valence-electron chi connectivity index (χ1n) is 9.37. The van der Waals surface area contributed by atoms with Crippen LogP contribution in [0.4, 0.5) is 0 Å². The van der Waals surface area contributed by atoms with Gasteiger partial charge in [-0.2, -0.15) is 0 Å². The summed E-state index contributed by atoms with van der Waals surface area (Å²) in [6.45, 7) is 3.79. The SMILES string of the molecule is CCCC/C=C/CCCCCCc1ccc(OCC2CO2)cc1. The monoisotopic (exact) mass is 316 g/mol. The Bertz CT molecular complexity index is 432. The highest BCUT2D eigenvalue weighted by Gasteiger charge is 2.22. The summed E-state index contributed by atoms with van der Waals surface area (Å²) >= 11 is 0. The van der Waals surface area contributed by atoms with E-state index in [1.807, 2.05) is 0 Å². The number of unbranched alkanes of at least 4 members (excludes halogenated alkanes) is 6. The summed E-state index contributed by atoms with van der Waals surface area (Å²) < 4.78 is 10.8. The van der Waals surface area contributed by atoms with Crippen molar-refractivity contribution in [1.29, 1.82) is 0 Å². The molecule has 23 heavy (non-hydrogen) atoms.